The molecule has 0 saturated heterocycles. The van der Waals surface area contributed by atoms with E-state index in [0.29, 0.717) is 0 Å². The molecule has 248 valence electrons. The molecule has 10 aromatic carbocycles. The van der Waals surface area contributed by atoms with Gasteiger partial charge in [-0.3, -0.25) is 0 Å². The van der Waals surface area contributed by atoms with Crippen molar-refractivity contribution in [1.82, 2.24) is 0 Å². The van der Waals surface area contributed by atoms with Crippen LogP contribution in [0.15, 0.2) is 212 Å². The highest BCUT2D eigenvalue weighted by molar-refractivity contribution is 6.28. The van der Waals surface area contributed by atoms with Crippen molar-refractivity contribution in [1.29, 1.82) is 0 Å². The van der Waals surface area contributed by atoms with Gasteiger partial charge in [0, 0.05) is 16.6 Å². The molecule has 0 atom stereocenters. The molecule has 1 nitrogen and oxygen atoms in total. The summed E-state index contributed by atoms with van der Waals surface area (Å²) in [6, 6.07) is 77.2. The van der Waals surface area contributed by atoms with Crippen LogP contribution < -0.4 is 4.90 Å². The van der Waals surface area contributed by atoms with Crippen molar-refractivity contribution < 1.29 is 0 Å². The summed E-state index contributed by atoms with van der Waals surface area (Å²) in [6.07, 6.45) is 0. The minimum atomic E-state index is 1.10. The fraction of sp³-hybridized carbons (Fsp3) is 0. The molecule has 0 N–H and O–H groups in total. The Kier molecular flexibility index (Phi) is 7.55. The van der Waals surface area contributed by atoms with Crippen molar-refractivity contribution in [3.63, 3.8) is 0 Å². The Morgan fingerprint density at radius 3 is 1.51 bits per heavy atom. The fourth-order valence-corrected chi connectivity index (χ4v) is 8.21. The van der Waals surface area contributed by atoms with Gasteiger partial charge in [0.05, 0.1) is 11.4 Å². The first-order valence-corrected chi connectivity index (χ1v) is 18.3. The minimum absolute atomic E-state index is 1.10. The lowest BCUT2D eigenvalue weighted by Gasteiger charge is -2.30. The van der Waals surface area contributed by atoms with Crippen molar-refractivity contribution in [2.24, 2.45) is 0 Å². The average Bonchev–Trinajstić information content (AvgIpc) is 3.24. The molecular weight excluding hydrogens is 639 g/mol. The number of rotatable bonds is 6. The topological polar surface area (TPSA) is 3.24 Å². The molecule has 0 saturated carbocycles. The first-order chi connectivity index (χ1) is 26.3. The SMILES string of the molecule is c1ccc(-c2ccccc2-c2cccc(N(c3ccccc3-c3ccccc3)c3cccc4c3ccc3ccc5ccc6ccccc6c5c34)c2)cc1. The van der Waals surface area contributed by atoms with Crippen LogP contribution in [-0.2, 0) is 0 Å². The Balaban J connectivity index is 1.26. The third-order valence-electron chi connectivity index (χ3n) is 10.6. The second-order valence-electron chi connectivity index (χ2n) is 13.7. The summed E-state index contributed by atoms with van der Waals surface area (Å²) in [4.78, 5) is 2.47. The highest BCUT2D eigenvalue weighted by Crippen LogP contribution is 2.46. The lowest BCUT2D eigenvalue weighted by Crippen LogP contribution is -2.12. The van der Waals surface area contributed by atoms with E-state index in [1.165, 1.54) is 76.5 Å². The summed E-state index contributed by atoms with van der Waals surface area (Å²) in [7, 11) is 0. The molecule has 0 aliphatic heterocycles. The zero-order chi connectivity index (χ0) is 35.1. The Bertz CT molecular complexity index is 2940. The number of hydrogen-bond donors (Lipinski definition) is 0. The lowest BCUT2D eigenvalue weighted by molar-refractivity contribution is 1.30. The van der Waals surface area contributed by atoms with E-state index in [0.717, 1.165) is 17.1 Å². The first kappa shape index (κ1) is 30.8. The van der Waals surface area contributed by atoms with Crippen molar-refractivity contribution in [2.75, 3.05) is 4.90 Å². The maximum Gasteiger partial charge on any atom is 0.0540 e. The van der Waals surface area contributed by atoms with E-state index in [2.05, 4.69) is 217 Å². The molecule has 10 aromatic rings. The molecular formula is C52H35N. The number of hydrogen-bond acceptors (Lipinski definition) is 1. The maximum absolute atomic E-state index is 2.47. The van der Waals surface area contributed by atoms with Crippen LogP contribution in [0.1, 0.15) is 0 Å². The normalized spacial score (nSPS) is 11.4. The van der Waals surface area contributed by atoms with E-state index < -0.39 is 0 Å². The van der Waals surface area contributed by atoms with Crippen LogP contribution in [0.3, 0.4) is 0 Å². The summed E-state index contributed by atoms with van der Waals surface area (Å²) in [6.45, 7) is 0. The quantitative estimate of drug-likeness (QED) is 0.159. The monoisotopic (exact) mass is 673 g/mol. The molecule has 0 aliphatic rings. The Labute approximate surface area is 309 Å². The summed E-state index contributed by atoms with van der Waals surface area (Å²) in [5, 5.41) is 10.1. The first-order valence-electron chi connectivity index (χ1n) is 18.3. The molecule has 0 fully saturated rings. The van der Waals surface area contributed by atoms with E-state index in [4.69, 9.17) is 0 Å². The van der Waals surface area contributed by atoms with Gasteiger partial charge in [-0.25, -0.2) is 0 Å². The van der Waals surface area contributed by atoms with Crippen molar-refractivity contribution in [3.8, 4) is 33.4 Å². The molecule has 1 heteroatoms. The maximum atomic E-state index is 2.47. The van der Waals surface area contributed by atoms with Crippen LogP contribution in [-0.4, -0.2) is 0 Å². The van der Waals surface area contributed by atoms with E-state index in [9.17, 15) is 0 Å². The highest BCUT2D eigenvalue weighted by Gasteiger charge is 2.21. The second kappa shape index (κ2) is 13.0. The van der Waals surface area contributed by atoms with Gasteiger partial charge < -0.3 is 4.90 Å². The van der Waals surface area contributed by atoms with Crippen molar-refractivity contribution in [3.05, 3.63) is 212 Å². The summed E-state index contributed by atoms with van der Waals surface area (Å²) in [5.41, 5.74) is 10.5. The van der Waals surface area contributed by atoms with Gasteiger partial charge in [0.15, 0.2) is 0 Å². The van der Waals surface area contributed by atoms with Crippen LogP contribution in [0.4, 0.5) is 17.1 Å². The van der Waals surface area contributed by atoms with E-state index in [1.54, 1.807) is 0 Å². The standard InChI is InChI=1S/C52H35N/c1-3-15-36(16-4-1)43-22-9-10-23-44(43)41-20-13-21-42(35-41)53(49-27-12-11-24-45(49)37-17-5-2-6-18-37)50-28-14-26-48-47(50)34-33-40-32-31-39-30-29-38-19-7-8-25-46(38)51(39)52(40)48/h1-35H. The van der Waals surface area contributed by atoms with Gasteiger partial charge in [-0.1, -0.05) is 188 Å². The molecule has 0 spiro atoms. The zero-order valence-corrected chi connectivity index (χ0v) is 29.2. The van der Waals surface area contributed by atoms with E-state index in [1.807, 2.05) is 0 Å². The molecule has 10 rings (SSSR count). The zero-order valence-electron chi connectivity index (χ0n) is 29.2. The van der Waals surface area contributed by atoms with Crippen LogP contribution in [0, 0.1) is 0 Å². The van der Waals surface area contributed by atoms with E-state index in [-0.39, 0.29) is 0 Å². The second-order valence-corrected chi connectivity index (χ2v) is 13.7. The summed E-state index contributed by atoms with van der Waals surface area (Å²) < 4.78 is 0. The molecule has 0 aliphatic carbocycles. The van der Waals surface area contributed by atoms with Crippen molar-refractivity contribution in [2.45, 2.75) is 0 Å². The number of benzene rings is 10. The van der Waals surface area contributed by atoms with Gasteiger partial charge in [0.2, 0.25) is 0 Å². The smallest absolute Gasteiger partial charge is 0.0540 e. The molecule has 0 radical (unpaired) electrons. The van der Waals surface area contributed by atoms with Crippen molar-refractivity contribution >= 4 is 60.2 Å². The highest BCUT2D eigenvalue weighted by atomic mass is 15.1. The fourth-order valence-electron chi connectivity index (χ4n) is 8.21. The number of para-hydroxylation sites is 1. The van der Waals surface area contributed by atoms with Gasteiger partial charge in [-0.2, -0.15) is 0 Å². The molecule has 0 heterocycles. The van der Waals surface area contributed by atoms with Gasteiger partial charge >= 0.3 is 0 Å². The molecule has 0 bridgehead atoms. The third kappa shape index (κ3) is 5.34. The predicted octanol–water partition coefficient (Wildman–Crippen LogP) is 14.8. The molecule has 53 heavy (non-hydrogen) atoms. The average molecular weight is 674 g/mol. The summed E-state index contributed by atoms with van der Waals surface area (Å²) in [5.74, 6) is 0. The number of nitrogens with zero attached hydrogens (tertiary/aromatic N) is 1. The van der Waals surface area contributed by atoms with Crippen LogP contribution >= 0.6 is 0 Å². The van der Waals surface area contributed by atoms with Gasteiger partial charge in [0.25, 0.3) is 0 Å². The Morgan fingerprint density at radius 2 is 0.755 bits per heavy atom. The third-order valence-corrected chi connectivity index (χ3v) is 10.6. The largest absolute Gasteiger partial charge is 0.309 e. The molecule has 0 aromatic heterocycles. The lowest BCUT2D eigenvalue weighted by atomic mass is 9.92. The molecule has 0 unspecified atom stereocenters. The number of fused-ring (bicyclic) bond motifs is 7. The van der Waals surface area contributed by atoms with Gasteiger partial charge in [-0.15, -0.1) is 0 Å². The van der Waals surface area contributed by atoms with Gasteiger partial charge in [-0.05, 0) is 89.8 Å². The van der Waals surface area contributed by atoms with Crippen LogP contribution in [0.5, 0.6) is 0 Å². The predicted molar refractivity (Wildman–Crippen MR) is 227 cm³/mol. The number of anilines is 3. The minimum Gasteiger partial charge on any atom is -0.309 e. The van der Waals surface area contributed by atoms with Crippen LogP contribution in [0.2, 0.25) is 0 Å². The van der Waals surface area contributed by atoms with E-state index >= 15 is 0 Å². The van der Waals surface area contributed by atoms with Gasteiger partial charge in [0.1, 0.15) is 0 Å². The molecule has 0 amide bonds. The Morgan fingerprint density at radius 1 is 0.264 bits per heavy atom. The van der Waals surface area contributed by atoms with Crippen LogP contribution in [0.25, 0.3) is 76.5 Å². The summed E-state index contributed by atoms with van der Waals surface area (Å²) >= 11 is 0. The Hall–Kier alpha value is -6.96.